The van der Waals surface area contributed by atoms with Gasteiger partial charge in [0, 0.05) is 25.4 Å². The van der Waals surface area contributed by atoms with Crippen LogP contribution in [0.5, 0.6) is 0 Å². The van der Waals surface area contributed by atoms with Crippen molar-refractivity contribution in [2.75, 3.05) is 13.1 Å². The monoisotopic (exact) mass is 607 g/mol. The molecule has 43 heavy (non-hydrogen) atoms. The minimum Gasteiger partial charge on any atom is -0.356 e. The van der Waals surface area contributed by atoms with E-state index in [2.05, 4.69) is 72.9 Å². The van der Waals surface area contributed by atoms with Crippen LogP contribution < -0.4 is 10.6 Å². The van der Waals surface area contributed by atoms with E-state index in [1.54, 1.807) is 0 Å². The van der Waals surface area contributed by atoms with E-state index in [-0.39, 0.29) is 23.1 Å². The summed E-state index contributed by atoms with van der Waals surface area (Å²) in [7, 11) is 0. The fraction of sp³-hybridized carbons (Fsp3) is 0.949. The summed E-state index contributed by atoms with van der Waals surface area (Å²) in [4.78, 5) is 25.5. The molecular weight excluding hydrogens is 528 g/mol. The molecule has 0 aromatic heterocycles. The molecule has 3 atom stereocenters. The number of unbranched alkanes of at least 4 members (excludes halogenated alkanes) is 14. The lowest BCUT2D eigenvalue weighted by molar-refractivity contribution is -0.127. The van der Waals surface area contributed by atoms with Gasteiger partial charge < -0.3 is 10.6 Å². The fourth-order valence-corrected chi connectivity index (χ4v) is 6.80. The zero-order valence-corrected chi connectivity index (χ0v) is 30.8. The second kappa shape index (κ2) is 25.2. The summed E-state index contributed by atoms with van der Waals surface area (Å²) in [6.45, 7) is 21.8. The Morgan fingerprint density at radius 3 is 1.47 bits per heavy atom. The molecule has 0 saturated carbocycles. The highest BCUT2D eigenvalue weighted by Crippen LogP contribution is 2.33. The van der Waals surface area contributed by atoms with Gasteiger partial charge in [-0.2, -0.15) is 0 Å². The smallest absolute Gasteiger partial charge is 0.223 e. The highest BCUT2D eigenvalue weighted by atomic mass is 16.2. The minimum absolute atomic E-state index is 0.0568. The van der Waals surface area contributed by atoms with Crippen molar-refractivity contribution in [1.82, 2.24) is 10.6 Å². The second-order valence-electron chi connectivity index (χ2n) is 16.5. The lowest BCUT2D eigenvalue weighted by Gasteiger charge is -2.30. The van der Waals surface area contributed by atoms with Crippen molar-refractivity contribution in [2.45, 2.75) is 197 Å². The van der Waals surface area contributed by atoms with E-state index < -0.39 is 0 Å². The molecule has 0 rings (SSSR count). The number of carbonyl (C=O) groups excluding carboxylic acids is 2. The molecule has 0 spiro atoms. The molecule has 0 saturated heterocycles. The van der Waals surface area contributed by atoms with Crippen LogP contribution in [-0.2, 0) is 9.59 Å². The van der Waals surface area contributed by atoms with Crippen molar-refractivity contribution in [3.63, 3.8) is 0 Å². The van der Waals surface area contributed by atoms with Gasteiger partial charge in [-0.1, -0.05) is 152 Å². The number of rotatable bonds is 27. The Morgan fingerprint density at radius 2 is 1.00 bits per heavy atom. The van der Waals surface area contributed by atoms with E-state index in [1.165, 1.54) is 89.9 Å². The van der Waals surface area contributed by atoms with Crippen LogP contribution in [-0.4, -0.2) is 24.9 Å². The molecule has 3 unspecified atom stereocenters. The molecule has 0 bridgehead atoms. The SMILES string of the molecule is CCCCCCCCCCCCCCCCCC(=O)NCCCNC(=O)C(CCC(C)CC(C)(C)C)C(C)CC(C)(C)C. The van der Waals surface area contributed by atoms with Gasteiger partial charge in [0.05, 0.1) is 0 Å². The fourth-order valence-electron chi connectivity index (χ4n) is 6.80. The first-order valence-electron chi connectivity index (χ1n) is 18.8. The van der Waals surface area contributed by atoms with Crippen molar-refractivity contribution in [3.8, 4) is 0 Å². The molecular formula is C39H78N2O2. The highest BCUT2D eigenvalue weighted by Gasteiger charge is 2.29. The summed E-state index contributed by atoms with van der Waals surface area (Å²) in [5.74, 6) is 1.39. The van der Waals surface area contributed by atoms with E-state index in [1.807, 2.05) is 0 Å². The molecule has 2 amide bonds. The molecule has 0 heterocycles. The lowest BCUT2D eigenvalue weighted by Crippen LogP contribution is -2.37. The zero-order chi connectivity index (χ0) is 32.6. The first kappa shape index (κ1) is 41.9. The standard InChI is InChI=1S/C39H78N2O2/c1-10-11-12-13-14-15-16-17-18-19-20-21-22-23-24-26-36(42)40-29-25-30-41-37(43)35(34(3)32-39(7,8)9)28-27-33(2)31-38(4,5)6/h33-35H,10-32H2,1-9H3,(H,40,42)(H,41,43). The van der Waals surface area contributed by atoms with Gasteiger partial charge >= 0.3 is 0 Å². The zero-order valence-electron chi connectivity index (χ0n) is 30.8. The Kier molecular flexibility index (Phi) is 24.5. The van der Waals surface area contributed by atoms with Gasteiger partial charge in [0.1, 0.15) is 0 Å². The summed E-state index contributed by atoms with van der Waals surface area (Å²) in [5, 5.41) is 6.27. The van der Waals surface area contributed by atoms with Crippen LogP contribution in [0.2, 0.25) is 0 Å². The van der Waals surface area contributed by atoms with Crippen LogP contribution in [0.1, 0.15) is 197 Å². The molecule has 4 heteroatoms. The van der Waals surface area contributed by atoms with E-state index >= 15 is 0 Å². The quantitative estimate of drug-likeness (QED) is 0.0914. The van der Waals surface area contributed by atoms with E-state index in [4.69, 9.17) is 0 Å². The van der Waals surface area contributed by atoms with E-state index in [0.717, 1.165) is 38.5 Å². The molecule has 0 aliphatic heterocycles. The average molecular weight is 607 g/mol. The first-order valence-corrected chi connectivity index (χ1v) is 18.8. The summed E-state index contributed by atoms with van der Waals surface area (Å²) in [6.07, 6.45) is 25.8. The Hall–Kier alpha value is -1.06. The van der Waals surface area contributed by atoms with Crippen molar-refractivity contribution >= 4 is 11.8 Å². The van der Waals surface area contributed by atoms with Gasteiger partial charge in [0.2, 0.25) is 11.8 Å². The van der Waals surface area contributed by atoms with Crippen molar-refractivity contribution < 1.29 is 9.59 Å². The van der Waals surface area contributed by atoms with Crippen LogP contribution in [0.25, 0.3) is 0 Å². The third kappa shape index (κ3) is 28.2. The third-order valence-electron chi connectivity index (χ3n) is 8.87. The molecule has 0 aliphatic carbocycles. The highest BCUT2D eigenvalue weighted by molar-refractivity contribution is 5.79. The summed E-state index contributed by atoms with van der Waals surface area (Å²) < 4.78 is 0. The normalized spacial score (nSPS) is 14.3. The largest absolute Gasteiger partial charge is 0.356 e. The van der Waals surface area contributed by atoms with Crippen LogP contribution in [0.3, 0.4) is 0 Å². The Labute approximate surface area is 270 Å². The summed E-state index contributed by atoms with van der Waals surface area (Å²) in [5.41, 5.74) is 0.538. The Balaban J connectivity index is 3.99. The van der Waals surface area contributed by atoms with Gasteiger partial charge in [0.15, 0.2) is 0 Å². The molecule has 0 aromatic rings. The molecule has 2 N–H and O–H groups in total. The Morgan fingerprint density at radius 1 is 0.558 bits per heavy atom. The maximum Gasteiger partial charge on any atom is 0.223 e. The van der Waals surface area contributed by atoms with Crippen LogP contribution in [0.15, 0.2) is 0 Å². The second-order valence-corrected chi connectivity index (χ2v) is 16.5. The average Bonchev–Trinajstić information content (AvgIpc) is 2.88. The molecule has 0 radical (unpaired) electrons. The van der Waals surface area contributed by atoms with Gasteiger partial charge in [0.25, 0.3) is 0 Å². The maximum atomic E-state index is 13.2. The van der Waals surface area contributed by atoms with E-state index in [9.17, 15) is 9.59 Å². The van der Waals surface area contributed by atoms with Crippen molar-refractivity contribution in [1.29, 1.82) is 0 Å². The van der Waals surface area contributed by atoms with E-state index in [0.29, 0.717) is 36.8 Å². The molecule has 0 aromatic carbocycles. The van der Waals surface area contributed by atoms with Crippen LogP contribution >= 0.6 is 0 Å². The minimum atomic E-state index is 0.0568. The van der Waals surface area contributed by atoms with Crippen LogP contribution in [0, 0.1) is 28.6 Å². The number of carbonyl (C=O) groups is 2. The van der Waals surface area contributed by atoms with Crippen molar-refractivity contribution in [3.05, 3.63) is 0 Å². The number of hydrogen-bond acceptors (Lipinski definition) is 2. The third-order valence-corrected chi connectivity index (χ3v) is 8.87. The van der Waals surface area contributed by atoms with Crippen LogP contribution in [0.4, 0.5) is 0 Å². The maximum absolute atomic E-state index is 13.2. The number of amides is 2. The number of nitrogens with one attached hydrogen (secondary N) is 2. The number of hydrogen-bond donors (Lipinski definition) is 2. The van der Waals surface area contributed by atoms with Gasteiger partial charge in [-0.3, -0.25) is 9.59 Å². The molecule has 256 valence electrons. The van der Waals surface area contributed by atoms with Gasteiger partial charge in [-0.05, 0) is 61.2 Å². The predicted molar refractivity (Wildman–Crippen MR) is 189 cm³/mol. The summed E-state index contributed by atoms with van der Waals surface area (Å²) in [6, 6.07) is 0. The Bertz CT molecular complexity index is 676. The summed E-state index contributed by atoms with van der Waals surface area (Å²) >= 11 is 0. The lowest BCUT2D eigenvalue weighted by atomic mass is 9.76. The van der Waals surface area contributed by atoms with Gasteiger partial charge in [-0.15, -0.1) is 0 Å². The van der Waals surface area contributed by atoms with Gasteiger partial charge in [-0.25, -0.2) is 0 Å². The first-order chi connectivity index (χ1) is 20.2. The molecule has 0 fully saturated rings. The molecule has 4 nitrogen and oxygen atoms in total. The topological polar surface area (TPSA) is 58.2 Å². The predicted octanol–water partition coefficient (Wildman–Crippen LogP) is 11.4. The molecule has 0 aliphatic rings. The van der Waals surface area contributed by atoms with Crippen molar-refractivity contribution in [2.24, 2.45) is 28.6 Å².